The number of fused-ring (bicyclic) bond motifs is 3. The lowest BCUT2D eigenvalue weighted by Crippen LogP contribution is -2.40. The number of H-pyrrole nitrogens is 2. The summed E-state index contributed by atoms with van der Waals surface area (Å²) in [6.07, 6.45) is 5.54. The molecule has 0 radical (unpaired) electrons. The maximum absolute atomic E-state index is 13.2. The normalized spacial score (nSPS) is 14.2. The molecule has 1 aliphatic heterocycles. The van der Waals surface area contributed by atoms with Gasteiger partial charge < -0.3 is 14.6 Å². The van der Waals surface area contributed by atoms with Crippen LogP contribution in [0.5, 0.6) is 0 Å². The molecule has 0 aliphatic carbocycles. The summed E-state index contributed by atoms with van der Waals surface area (Å²) in [5.41, 5.74) is 5.22. The maximum Gasteiger partial charge on any atom is 0.256 e. The number of nitrogens with one attached hydrogen (secondary N) is 2. The van der Waals surface area contributed by atoms with E-state index >= 15 is 0 Å². The lowest BCUT2D eigenvalue weighted by molar-refractivity contribution is 0.0304. The van der Waals surface area contributed by atoms with Crippen LogP contribution >= 0.6 is 0 Å². The Bertz CT molecular complexity index is 1760. The highest BCUT2D eigenvalue weighted by Gasteiger charge is 2.23. The van der Waals surface area contributed by atoms with E-state index in [-0.39, 0.29) is 5.91 Å². The predicted octanol–water partition coefficient (Wildman–Crippen LogP) is 4.19. The number of carbonyl (C=O) groups is 1. The summed E-state index contributed by atoms with van der Waals surface area (Å²) in [6.45, 7) is 2.25. The molecule has 9 heteroatoms. The highest BCUT2D eigenvalue weighted by molar-refractivity contribution is 6.06. The first-order valence-electron chi connectivity index (χ1n) is 11.8. The van der Waals surface area contributed by atoms with E-state index < -0.39 is 0 Å². The van der Waals surface area contributed by atoms with Crippen LogP contribution in [0.4, 0.5) is 0 Å². The predicted molar refractivity (Wildman–Crippen MR) is 136 cm³/mol. The third kappa shape index (κ3) is 3.32. The Morgan fingerprint density at radius 3 is 2.78 bits per heavy atom. The minimum Gasteiger partial charge on any atom is -0.378 e. The molecule has 0 bridgehead atoms. The van der Waals surface area contributed by atoms with Crippen molar-refractivity contribution in [3.05, 3.63) is 72.7 Å². The second-order valence-corrected chi connectivity index (χ2v) is 8.79. The van der Waals surface area contributed by atoms with Crippen molar-refractivity contribution >= 4 is 38.7 Å². The van der Waals surface area contributed by atoms with Crippen LogP contribution < -0.4 is 0 Å². The SMILES string of the molecule is O=C(c1cccc2[nH]c(-c3n[nH]c4ncc(-c5cncc6ccccc56)cc34)nc12)N1CCOCC1. The van der Waals surface area contributed by atoms with Gasteiger partial charge in [0.15, 0.2) is 11.5 Å². The van der Waals surface area contributed by atoms with Gasteiger partial charge in [-0.1, -0.05) is 30.3 Å². The quantitative estimate of drug-likeness (QED) is 0.397. The number of hydrogen-bond acceptors (Lipinski definition) is 6. The summed E-state index contributed by atoms with van der Waals surface area (Å²) in [6, 6.07) is 15.8. The van der Waals surface area contributed by atoms with E-state index in [2.05, 4.69) is 37.3 Å². The third-order valence-electron chi connectivity index (χ3n) is 6.66. The molecule has 0 spiro atoms. The van der Waals surface area contributed by atoms with Crippen molar-refractivity contribution < 1.29 is 9.53 Å². The molecular weight excluding hydrogens is 454 g/mol. The van der Waals surface area contributed by atoms with Gasteiger partial charge in [0, 0.05) is 48.2 Å². The van der Waals surface area contributed by atoms with Gasteiger partial charge in [0.05, 0.1) is 29.7 Å². The van der Waals surface area contributed by atoms with Gasteiger partial charge in [-0.3, -0.25) is 14.9 Å². The molecule has 2 N–H and O–H groups in total. The van der Waals surface area contributed by atoms with Crippen LogP contribution in [0.15, 0.2) is 67.1 Å². The largest absolute Gasteiger partial charge is 0.378 e. The second kappa shape index (κ2) is 8.24. The highest BCUT2D eigenvalue weighted by Crippen LogP contribution is 2.32. The minimum absolute atomic E-state index is 0.0405. The number of imidazole rings is 1. The Hall–Kier alpha value is -4.63. The molecule has 36 heavy (non-hydrogen) atoms. The fourth-order valence-corrected chi connectivity index (χ4v) is 4.83. The summed E-state index contributed by atoms with van der Waals surface area (Å²) in [5, 5.41) is 10.5. The average molecular weight is 476 g/mol. The molecule has 2 aromatic carbocycles. The van der Waals surface area contributed by atoms with Crippen LogP contribution in [0.25, 0.3) is 55.5 Å². The topological polar surface area (TPSA) is 113 Å². The van der Waals surface area contributed by atoms with Crippen LogP contribution in [0, 0.1) is 0 Å². The highest BCUT2D eigenvalue weighted by atomic mass is 16.5. The molecule has 6 aromatic rings. The number of hydrogen-bond donors (Lipinski definition) is 2. The Kier molecular flexibility index (Phi) is 4.74. The van der Waals surface area contributed by atoms with Gasteiger partial charge >= 0.3 is 0 Å². The second-order valence-electron chi connectivity index (χ2n) is 8.79. The molecule has 4 aromatic heterocycles. The molecule has 1 fully saturated rings. The van der Waals surface area contributed by atoms with Gasteiger partial charge in [-0.2, -0.15) is 5.10 Å². The minimum atomic E-state index is -0.0405. The Morgan fingerprint density at radius 1 is 0.972 bits per heavy atom. The van der Waals surface area contributed by atoms with E-state index in [1.54, 1.807) is 0 Å². The van der Waals surface area contributed by atoms with Crippen molar-refractivity contribution in [2.24, 2.45) is 0 Å². The smallest absolute Gasteiger partial charge is 0.256 e. The molecule has 7 rings (SSSR count). The van der Waals surface area contributed by atoms with Gasteiger partial charge in [-0.15, -0.1) is 0 Å². The molecule has 0 atom stereocenters. The molecule has 0 saturated carbocycles. The van der Waals surface area contributed by atoms with Crippen molar-refractivity contribution in [3.8, 4) is 22.6 Å². The van der Waals surface area contributed by atoms with Crippen molar-refractivity contribution in [2.75, 3.05) is 26.3 Å². The van der Waals surface area contributed by atoms with E-state index in [4.69, 9.17) is 9.72 Å². The molecule has 176 valence electrons. The summed E-state index contributed by atoms with van der Waals surface area (Å²) < 4.78 is 5.40. The van der Waals surface area contributed by atoms with Crippen LogP contribution in [0.1, 0.15) is 10.4 Å². The van der Waals surface area contributed by atoms with Crippen molar-refractivity contribution in [1.29, 1.82) is 0 Å². The first-order chi connectivity index (χ1) is 17.8. The monoisotopic (exact) mass is 475 g/mol. The zero-order valence-corrected chi connectivity index (χ0v) is 19.2. The summed E-state index contributed by atoms with van der Waals surface area (Å²) in [7, 11) is 0. The van der Waals surface area contributed by atoms with Gasteiger partial charge in [-0.05, 0) is 23.6 Å². The van der Waals surface area contributed by atoms with Gasteiger partial charge in [0.2, 0.25) is 0 Å². The van der Waals surface area contributed by atoms with E-state index in [9.17, 15) is 4.79 Å². The zero-order valence-electron chi connectivity index (χ0n) is 19.2. The Labute approximate surface area is 205 Å². The fourth-order valence-electron chi connectivity index (χ4n) is 4.83. The number of carbonyl (C=O) groups excluding carboxylic acids is 1. The van der Waals surface area contributed by atoms with E-state index in [0.717, 1.165) is 32.8 Å². The first kappa shape index (κ1) is 20.7. The first-order valence-corrected chi connectivity index (χ1v) is 11.8. The standard InChI is InChI=1S/C27H21N7O2/c35-27(34-8-10-36-11-9-34)19-6-3-7-22-23(19)31-26(30-22)24-20-12-17(14-29-25(20)33-32-24)21-15-28-13-16-4-1-2-5-18(16)21/h1-7,12-15H,8-11H2,(H,30,31)(H,29,32,33). The zero-order chi connectivity index (χ0) is 24.1. The van der Waals surface area contributed by atoms with Gasteiger partial charge in [-0.25, -0.2) is 9.97 Å². The Balaban J connectivity index is 1.34. The van der Waals surface area contributed by atoms with Crippen LogP contribution in [-0.2, 0) is 4.74 Å². The van der Waals surface area contributed by atoms with E-state index in [0.29, 0.717) is 54.5 Å². The van der Waals surface area contributed by atoms with Crippen LogP contribution in [-0.4, -0.2) is 67.2 Å². The third-order valence-corrected chi connectivity index (χ3v) is 6.66. The number of morpholine rings is 1. The van der Waals surface area contributed by atoms with Crippen molar-refractivity contribution in [2.45, 2.75) is 0 Å². The van der Waals surface area contributed by atoms with Crippen LogP contribution in [0.3, 0.4) is 0 Å². The fraction of sp³-hybridized carbons (Fsp3) is 0.148. The lowest BCUT2D eigenvalue weighted by atomic mass is 10.0. The van der Waals surface area contributed by atoms with E-state index in [1.807, 2.05) is 59.9 Å². The number of aromatic amines is 2. The van der Waals surface area contributed by atoms with Gasteiger partial charge in [0.1, 0.15) is 11.2 Å². The molecule has 1 amide bonds. The van der Waals surface area contributed by atoms with Gasteiger partial charge in [0.25, 0.3) is 5.91 Å². The summed E-state index contributed by atoms with van der Waals surface area (Å²) >= 11 is 0. The molecule has 5 heterocycles. The molecule has 9 nitrogen and oxygen atoms in total. The number of benzene rings is 2. The average Bonchev–Trinajstić information content (AvgIpc) is 3.56. The number of para-hydroxylation sites is 1. The Morgan fingerprint density at radius 2 is 1.86 bits per heavy atom. The number of nitrogens with zero attached hydrogens (tertiary/aromatic N) is 5. The molecular formula is C27H21N7O2. The maximum atomic E-state index is 13.2. The summed E-state index contributed by atoms with van der Waals surface area (Å²) in [4.78, 5) is 32.2. The molecule has 0 unspecified atom stereocenters. The lowest BCUT2D eigenvalue weighted by Gasteiger charge is -2.26. The molecule has 1 aliphatic rings. The van der Waals surface area contributed by atoms with Crippen molar-refractivity contribution in [1.82, 2.24) is 35.0 Å². The summed E-state index contributed by atoms with van der Waals surface area (Å²) in [5.74, 6) is 0.537. The number of amides is 1. The molecule has 1 saturated heterocycles. The van der Waals surface area contributed by atoms with E-state index in [1.165, 1.54) is 0 Å². The number of aromatic nitrogens is 6. The number of pyridine rings is 2. The van der Waals surface area contributed by atoms with Crippen molar-refractivity contribution in [3.63, 3.8) is 0 Å². The van der Waals surface area contributed by atoms with Crippen LogP contribution in [0.2, 0.25) is 0 Å². The number of ether oxygens (including phenoxy) is 1. The number of rotatable bonds is 3.